The van der Waals surface area contributed by atoms with E-state index in [1.165, 1.54) is 54.6 Å². The van der Waals surface area contributed by atoms with E-state index in [4.69, 9.17) is 0 Å². The highest BCUT2D eigenvalue weighted by Gasteiger charge is 2.16. The van der Waals surface area contributed by atoms with Crippen molar-refractivity contribution in [3.63, 3.8) is 0 Å². The SMILES string of the molecule is CN=C(NCCCCN1CCN(Cc2ccccc2)CC1)NCCc1ncc(C)s1. The minimum Gasteiger partial charge on any atom is -0.356 e. The van der Waals surface area contributed by atoms with E-state index in [9.17, 15) is 0 Å². The standard InChI is InChI=1S/C23H36N6S/c1-20-18-27-22(30-20)10-12-26-23(24-2)25-11-6-7-13-28-14-16-29(17-15-28)19-21-8-4-3-5-9-21/h3-5,8-9,18H,6-7,10-17,19H2,1-2H3,(H2,24,25,26). The van der Waals surface area contributed by atoms with Crippen LogP contribution in [0.1, 0.15) is 28.3 Å². The highest BCUT2D eigenvalue weighted by atomic mass is 32.1. The van der Waals surface area contributed by atoms with Crippen LogP contribution in [0.4, 0.5) is 0 Å². The van der Waals surface area contributed by atoms with Gasteiger partial charge in [-0.05, 0) is 31.9 Å². The Balaban J connectivity index is 1.21. The van der Waals surface area contributed by atoms with E-state index in [2.05, 4.69) is 67.7 Å². The number of piperazine rings is 1. The monoisotopic (exact) mass is 428 g/mol. The van der Waals surface area contributed by atoms with Crippen LogP contribution in [0, 0.1) is 6.92 Å². The molecule has 0 atom stereocenters. The Bertz CT molecular complexity index is 752. The highest BCUT2D eigenvalue weighted by Crippen LogP contribution is 2.11. The molecule has 1 aliphatic heterocycles. The summed E-state index contributed by atoms with van der Waals surface area (Å²) >= 11 is 1.77. The maximum absolute atomic E-state index is 4.41. The largest absolute Gasteiger partial charge is 0.356 e. The summed E-state index contributed by atoms with van der Waals surface area (Å²) in [5.41, 5.74) is 1.42. The first-order chi connectivity index (χ1) is 14.7. The first-order valence-corrected chi connectivity index (χ1v) is 11.9. The molecule has 30 heavy (non-hydrogen) atoms. The lowest BCUT2D eigenvalue weighted by Crippen LogP contribution is -2.46. The smallest absolute Gasteiger partial charge is 0.190 e. The zero-order valence-electron chi connectivity index (χ0n) is 18.4. The van der Waals surface area contributed by atoms with E-state index >= 15 is 0 Å². The van der Waals surface area contributed by atoms with Gasteiger partial charge in [0.2, 0.25) is 0 Å². The van der Waals surface area contributed by atoms with Gasteiger partial charge in [-0.3, -0.25) is 9.89 Å². The zero-order chi connectivity index (χ0) is 21.0. The average Bonchev–Trinajstić information content (AvgIpc) is 3.19. The second kappa shape index (κ2) is 12.7. The quantitative estimate of drug-likeness (QED) is 0.346. The van der Waals surface area contributed by atoms with Crippen molar-refractivity contribution in [3.05, 3.63) is 52.0 Å². The van der Waals surface area contributed by atoms with Gasteiger partial charge in [0, 0.05) is 70.4 Å². The van der Waals surface area contributed by atoms with Crippen LogP contribution >= 0.6 is 11.3 Å². The number of aromatic nitrogens is 1. The van der Waals surface area contributed by atoms with Gasteiger partial charge in [0.25, 0.3) is 0 Å². The number of aryl methyl sites for hydroxylation is 1. The number of nitrogens with one attached hydrogen (secondary N) is 2. The molecular weight excluding hydrogens is 392 g/mol. The molecule has 0 spiro atoms. The third-order valence-electron chi connectivity index (χ3n) is 5.43. The lowest BCUT2D eigenvalue weighted by atomic mass is 10.2. The van der Waals surface area contributed by atoms with Gasteiger partial charge in [-0.1, -0.05) is 30.3 Å². The van der Waals surface area contributed by atoms with Crippen molar-refractivity contribution in [1.29, 1.82) is 0 Å². The zero-order valence-corrected chi connectivity index (χ0v) is 19.3. The summed E-state index contributed by atoms with van der Waals surface area (Å²) < 4.78 is 0. The predicted molar refractivity (Wildman–Crippen MR) is 127 cm³/mol. The second-order valence-corrected chi connectivity index (χ2v) is 9.17. The summed E-state index contributed by atoms with van der Waals surface area (Å²) in [6.07, 6.45) is 5.27. The molecule has 164 valence electrons. The van der Waals surface area contributed by atoms with E-state index < -0.39 is 0 Å². The molecule has 0 unspecified atom stereocenters. The molecule has 2 aromatic rings. The van der Waals surface area contributed by atoms with E-state index in [1.807, 2.05) is 13.2 Å². The minimum absolute atomic E-state index is 0.861. The van der Waals surface area contributed by atoms with Crippen molar-refractivity contribution >= 4 is 17.3 Å². The molecule has 2 heterocycles. The fourth-order valence-electron chi connectivity index (χ4n) is 3.71. The van der Waals surface area contributed by atoms with E-state index in [0.717, 1.165) is 38.4 Å². The molecule has 0 bridgehead atoms. The number of hydrogen-bond donors (Lipinski definition) is 2. The maximum Gasteiger partial charge on any atom is 0.190 e. The van der Waals surface area contributed by atoms with Gasteiger partial charge in [-0.2, -0.15) is 0 Å². The highest BCUT2D eigenvalue weighted by molar-refractivity contribution is 7.11. The van der Waals surface area contributed by atoms with Crippen LogP contribution in [-0.2, 0) is 13.0 Å². The van der Waals surface area contributed by atoms with Crippen LogP contribution in [0.5, 0.6) is 0 Å². The number of thiazole rings is 1. The molecule has 1 aromatic carbocycles. The molecule has 1 aliphatic rings. The third kappa shape index (κ3) is 8.05. The number of benzene rings is 1. The van der Waals surface area contributed by atoms with Crippen molar-refractivity contribution in [2.75, 3.05) is 52.9 Å². The van der Waals surface area contributed by atoms with Gasteiger partial charge in [0.1, 0.15) is 0 Å². The van der Waals surface area contributed by atoms with Crippen molar-refractivity contribution in [3.8, 4) is 0 Å². The molecule has 2 N–H and O–H groups in total. The summed E-state index contributed by atoms with van der Waals surface area (Å²) in [5, 5.41) is 7.99. The maximum atomic E-state index is 4.41. The van der Waals surface area contributed by atoms with E-state index in [-0.39, 0.29) is 0 Å². The van der Waals surface area contributed by atoms with Crippen LogP contribution in [0.2, 0.25) is 0 Å². The van der Waals surface area contributed by atoms with E-state index in [0.29, 0.717) is 0 Å². The van der Waals surface area contributed by atoms with Gasteiger partial charge in [-0.25, -0.2) is 4.98 Å². The van der Waals surface area contributed by atoms with Crippen molar-refractivity contribution in [2.45, 2.75) is 32.7 Å². The average molecular weight is 429 g/mol. The predicted octanol–water partition coefficient (Wildman–Crippen LogP) is 2.76. The van der Waals surface area contributed by atoms with Gasteiger partial charge in [-0.15, -0.1) is 11.3 Å². The lowest BCUT2D eigenvalue weighted by Gasteiger charge is -2.34. The summed E-state index contributed by atoms with van der Waals surface area (Å²) in [4.78, 5) is 15.2. The van der Waals surface area contributed by atoms with Crippen molar-refractivity contribution < 1.29 is 0 Å². The molecule has 0 amide bonds. The minimum atomic E-state index is 0.861. The molecule has 1 saturated heterocycles. The number of hydrogen-bond acceptors (Lipinski definition) is 5. The Hall–Kier alpha value is -1.96. The lowest BCUT2D eigenvalue weighted by molar-refractivity contribution is 0.126. The van der Waals surface area contributed by atoms with Gasteiger partial charge in [0.15, 0.2) is 5.96 Å². The topological polar surface area (TPSA) is 55.8 Å². The van der Waals surface area contributed by atoms with Crippen molar-refractivity contribution in [2.24, 2.45) is 4.99 Å². The van der Waals surface area contributed by atoms with Crippen LogP contribution < -0.4 is 10.6 Å². The molecule has 3 rings (SSSR count). The molecule has 0 radical (unpaired) electrons. The van der Waals surface area contributed by atoms with Crippen LogP contribution in [0.25, 0.3) is 0 Å². The van der Waals surface area contributed by atoms with Gasteiger partial charge < -0.3 is 15.5 Å². The Kier molecular flexibility index (Phi) is 9.60. The van der Waals surface area contributed by atoms with Gasteiger partial charge >= 0.3 is 0 Å². The summed E-state index contributed by atoms with van der Waals surface area (Å²) in [6, 6.07) is 10.8. The first-order valence-electron chi connectivity index (χ1n) is 11.1. The fraction of sp³-hybridized carbons (Fsp3) is 0.565. The molecule has 1 fully saturated rings. The number of nitrogens with zero attached hydrogens (tertiary/aromatic N) is 4. The number of unbranched alkanes of at least 4 members (excludes halogenated alkanes) is 1. The summed E-state index contributed by atoms with van der Waals surface area (Å²) in [6.45, 7) is 10.9. The van der Waals surface area contributed by atoms with Crippen LogP contribution in [0.15, 0.2) is 41.5 Å². The Morgan fingerprint density at radius 1 is 1.03 bits per heavy atom. The van der Waals surface area contributed by atoms with Crippen LogP contribution in [-0.4, -0.2) is 73.6 Å². The summed E-state index contributed by atoms with van der Waals surface area (Å²) in [5.74, 6) is 0.887. The molecule has 0 saturated carbocycles. The number of aliphatic imine (C=N–C) groups is 1. The van der Waals surface area contributed by atoms with Gasteiger partial charge in [0.05, 0.1) is 5.01 Å². The van der Waals surface area contributed by atoms with Crippen LogP contribution in [0.3, 0.4) is 0 Å². The Morgan fingerprint density at radius 3 is 2.47 bits per heavy atom. The number of guanidine groups is 1. The molecule has 1 aromatic heterocycles. The van der Waals surface area contributed by atoms with E-state index in [1.54, 1.807) is 11.3 Å². The fourth-order valence-corrected chi connectivity index (χ4v) is 4.49. The first kappa shape index (κ1) is 22.7. The molecule has 6 nitrogen and oxygen atoms in total. The van der Waals surface area contributed by atoms with Crippen molar-refractivity contribution in [1.82, 2.24) is 25.4 Å². The number of rotatable bonds is 10. The molecule has 0 aliphatic carbocycles. The normalized spacial score (nSPS) is 16.0. The Morgan fingerprint density at radius 2 is 1.77 bits per heavy atom. The second-order valence-electron chi connectivity index (χ2n) is 7.85. The molecular formula is C23H36N6S. The summed E-state index contributed by atoms with van der Waals surface area (Å²) in [7, 11) is 1.83. The molecule has 7 heteroatoms. The Labute approximate surface area is 185 Å². The third-order valence-corrected chi connectivity index (χ3v) is 6.40.